The number of aromatic nitrogens is 2. The van der Waals surface area contributed by atoms with E-state index in [0.29, 0.717) is 37.7 Å². The Morgan fingerprint density at radius 1 is 0.676 bits per heavy atom. The molecule has 6 rings (SSSR count). The molecule has 8 heteroatoms. The molecule has 0 saturated carbocycles. The lowest BCUT2D eigenvalue weighted by atomic mass is 10.1. The van der Waals surface area contributed by atoms with Crippen LogP contribution in [0.4, 0.5) is 24.7 Å². The summed E-state index contributed by atoms with van der Waals surface area (Å²) in [5.74, 6) is 1.54. The van der Waals surface area contributed by atoms with Crippen molar-refractivity contribution in [1.82, 2.24) is 9.97 Å². The number of alkyl halides is 3. The summed E-state index contributed by atoms with van der Waals surface area (Å²) in [6.07, 6.45) is -4.35. The van der Waals surface area contributed by atoms with Crippen molar-refractivity contribution in [3.8, 4) is 21.8 Å². The monoisotopic (exact) mass is 516 g/mol. The van der Waals surface area contributed by atoms with Gasteiger partial charge < -0.3 is 9.80 Å². The minimum Gasteiger partial charge on any atom is -0.368 e. The average molecular weight is 517 g/mol. The van der Waals surface area contributed by atoms with E-state index in [1.165, 1.54) is 12.1 Å². The van der Waals surface area contributed by atoms with Gasteiger partial charge in [-0.05, 0) is 29.8 Å². The van der Waals surface area contributed by atoms with Crippen LogP contribution in [-0.2, 0) is 6.18 Å². The van der Waals surface area contributed by atoms with Crippen molar-refractivity contribution in [2.75, 3.05) is 36.0 Å². The molecule has 0 radical (unpaired) electrons. The van der Waals surface area contributed by atoms with Crippen LogP contribution in [0.15, 0.2) is 91.0 Å². The second kappa shape index (κ2) is 9.52. The van der Waals surface area contributed by atoms with Crippen LogP contribution in [0.1, 0.15) is 5.56 Å². The molecule has 1 fully saturated rings. The van der Waals surface area contributed by atoms with Gasteiger partial charge in [0.1, 0.15) is 10.6 Å². The molecule has 1 saturated heterocycles. The number of benzene rings is 3. The van der Waals surface area contributed by atoms with Gasteiger partial charge in [0, 0.05) is 42.3 Å². The molecule has 2 aromatic heterocycles. The van der Waals surface area contributed by atoms with Crippen molar-refractivity contribution < 1.29 is 13.2 Å². The highest BCUT2D eigenvalue weighted by molar-refractivity contribution is 7.22. The van der Waals surface area contributed by atoms with Gasteiger partial charge in [-0.15, -0.1) is 11.3 Å². The average Bonchev–Trinajstić information content (AvgIpc) is 3.38. The predicted molar refractivity (Wildman–Crippen MR) is 144 cm³/mol. The third-order valence-corrected chi connectivity index (χ3v) is 7.66. The number of hydrogen-bond acceptors (Lipinski definition) is 5. The Hall–Kier alpha value is -3.91. The Labute approximate surface area is 216 Å². The molecule has 37 heavy (non-hydrogen) atoms. The van der Waals surface area contributed by atoms with E-state index in [9.17, 15) is 13.2 Å². The van der Waals surface area contributed by atoms with E-state index in [-0.39, 0.29) is 0 Å². The molecule has 0 spiro atoms. The molecule has 1 aliphatic heterocycles. The fourth-order valence-corrected chi connectivity index (χ4v) is 5.70. The first kappa shape index (κ1) is 23.5. The lowest BCUT2D eigenvalue weighted by molar-refractivity contribution is -0.137. The van der Waals surface area contributed by atoms with Crippen molar-refractivity contribution in [1.29, 1.82) is 0 Å². The summed E-state index contributed by atoms with van der Waals surface area (Å²) in [4.78, 5) is 16.2. The van der Waals surface area contributed by atoms with E-state index >= 15 is 0 Å². The predicted octanol–water partition coefficient (Wildman–Crippen LogP) is 7.37. The summed E-state index contributed by atoms with van der Waals surface area (Å²) in [5.41, 5.74) is 2.05. The Kier molecular flexibility index (Phi) is 6.04. The van der Waals surface area contributed by atoms with Gasteiger partial charge in [0.25, 0.3) is 0 Å². The molecule has 0 aliphatic carbocycles. The summed E-state index contributed by atoms with van der Waals surface area (Å²) in [6, 6.07) is 27.8. The number of hydrogen-bond donors (Lipinski definition) is 0. The smallest absolute Gasteiger partial charge is 0.368 e. The van der Waals surface area contributed by atoms with E-state index in [2.05, 4.69) is 23.1 Å². The van der Waals surface area contributed by atoms with Gasteiger partial charge in [0.2, 0.25) is 0 Å². The molecule has 5 aromatic rings. The van der Waals surface area contributed by atoms with Gasteiger partial charge in [-0.3, -0.25) is 0 Å². The molecule has 4 nitrogen and oxygen atoms in total. The lowest BCUT2D eigenvalue weighted by Gasteiger charge is -2.37. The lowest BCUT2D eigenvalue weighted by Crippen LogP contribution is -2.47. The second-order valence-electron chi connectivity index (χ2n) is 8.95. The first-order chi connectivity index (χ1) is 18.0. The molecule has 0 unspecified atom stereocenters. The molecule has 0 amide bonds. The van der Waals surface area contributed by atoms with Crippen LogP contribution in [0.25, 0.3) is 32.0 Å². The maximum absolute atomic E-state index is 13.2. The Morgan fingerprint density at radius 3 is 2.00 bits per heavy atom. The normalized spacial score (nSPS) is 14.4. The number of rotatable bonds is 4. The van der Waals surface area contributed by atoms with Crippen LogP contribution in [0.5, 0.6) is 0 Å². The second-order valence-corrected chi connectivity index (χ2v) is 9.99. The zero-order chi connectivity index (χ0) is 25.4. The summed E-state index contributed by atoms with van der Waals surface area (Å²) in [6.45, 7) is 2.49. The zero-order valence-electron chi connectivity index (χ0n) is 19.8. The van der Waals surface area contributed by atoms with Crippen molar-refractivity contribution in [3.63, 3.8) is 0 Å². The highest BCUT2D eigenvalue weighted by Gasteiger charge is 2.31. The maximum Gasteiger partial charge on any atom is 0.416 e. The van der Waals surface area contributed by atoms with Crippen LogP contribution in [-0.4, -0.2) is 36.1 Å². The van der Waals surface area contributed by atoms with Gasteiger partial charge in [-0.1, -0.05) is 66.7 Å². The van der Waals surface area contributed by atoms with E-state index in [4.69, 9.17) is 9.97 Å². The van der Waals surface area contributed by atoms with Crippen molar-refractivity contribution in [3.05, 3.63) is 96.6 Å². The summed E-state index contributed by atoms with van der Waals surface area (Å²) in [7, 11) is 0. The van der Waals surface area contributed by atoms with Gasteiger partial charge in [-0.25, -0.2) is 9.97 Å². The number of thiophene rings is 1. The highest BCUT2D eigenvalue weighted by Crippen LogP contribution is 2.38. The Bertz CT molecular complexity index is 1530. The molecular weight excluding hydrogens is 493 g/mol. The number of nitrogens with zero attached hydrogens (tertiary/aromatic N) is 4. The van der Waals surface area contributed by atoms with Crippen LogP contribution in [0.2, 0.25) is 0 Å². The van der Waals surface area contributed by atoms with Crippen molar-refractivity contribution in [2.24, 2.45) is 0 Å². The fraction of sp³-hybridized carbons (Fsp3) is 0.172. The first-order valence-electron chi connectivity index (χ1n) is 12.1. The van der Waals surface area contributed by atoms with Crippen molar-refractivity contribution in [2.45, 2.75) is 6.18 Å². The minimum atomic E-state index is -4.35. The summed E-state index contributed by atoms with van der Waals surface area (Å²) >= 11 is 1.64. The van der Waals surface area contributed by atoms with E-state index in [1.807, 2.05) is 53.4 Å². The third-order valence-electron chi connectivity index (χ3n) is 6.58. The standard InChI is InChI=1S/C29H23F3N4S/c30-29(31,32)22-12-7-13-23(18-22)35-14-16-36(17-15-35)27-24-19-25(20-8-3-1-4-9-20)37-28(24)34-26(33-27)21-10-5-2-6-11-21/h1-13,18-19H,14-17H2. The van der Waals surface area contributed by atoms with Crippen LogP contribution < -0.4 is 9.80 Å². The molecular formula is C29H23F3N4S. The zero-order valence-corrected chi connectivity index (χ0v) is 20.6. The van der Waals surface area contributed by atoms with Gasteiger partial charge in [0.05, 0.1) is 10.9 Å². The summed E-state index contributed by atoms with van der Waals surface area (Å²) in [5, 5.41) is 0.996. The molecule has 1 aliphatic rings. The Balaban J connectivity index is 1.34. The summed E-state index contributed by atoms with van der Waals surface area (Å²) < 4.78 is 39.7. The van der Waals surface area contributed by atoms with E-state index in [1.54, 1.807) is 17.4 Å². The van der Waals surface area contributed by atoms with Gasteiger partial charge in [0.15, 0.2) is 5.82 Å². The van der Waals surface area contributed by atoms with E-state index < -0.39 is 11.7 Å². The van der Waals surface area contributed by atoms with E-state index in [0.717, 1.165) is 38.1 Å². The Morgan fingerprint density at radius 2 is 1.32 bits per heavy atom. The number of anilines is 2. The minimum absolute atomic E-state index is 0.592. The van der Waals surface area contributed by atoms with Crippen LogP contribution in [0.3, 0.4) is 0 Å². The maximum atomic E-state index is 13.2. The number of piperazine rings is 1. The SMILES string of the molecule is FC(F)(F)c1cccc(N2CCN(c3nc(-c4ccccc4)nc4sc(-c5ccccc5)cc34)CC2)c1. The number of fused-ring (bicyclic) bond motifs is 1. The quantitative estimate of drug-likeness (QED) is 0.250. The molecule has 0 atom stereocenters. The largest absolute Gasteiger partial charge is 0.416 e. The molecule has 3 aromatic carbocycles. The molecule has 0 bridgehead atoms. The number of halogens is 3. The molecule has 3 heterocycles. The van der Waals surface area contributed by atoms with Crippen molar-refractivity contribution >= 4 is 33.1 Å². The highest BCUT2D eigenvalue weighted by atomic mass is 32.1. The van der Waals surface area contributed by atoms with Crippen LogP contribution >= 0.6 is 11.3 Å². The van der Waals surface area contributed by atoms with Gasteiger partial charge in [-0.2, -0.15) is 13.2 Å². The molecule has 186 valence electrons. The van der Waals surface area contributed by atoms with Crippen LogP contribution in [0, 0.1) is 0 Å². The first-order valence-corrected chi connectivity index (χ1v) is 12.9. The topological polar surface area (TPSA) is 32.3 Å². The van der Waals surface area contributed by atoms with Gasteiger partial charge >= 0.3 is 6.18 Å². The third kappa shape index (κ3) is 4.76. The fourth-order valence-electron chi connectivity index (χ4n) is 4.66. The molecule has 0 N–H and O–H groups in total.